The lowest BCUT2D eigenvalue weighted by Crippen LogP contribution is -2.26. The van der Waals surface area contributed by atoms with E-state index in [9.17, 15) is 4.79 Å². The van der Waals surface area contributed by atoms with Gasteiger partial charge >= 0.3 is 0 Å². The fraction of sp³-hybridized carbons (Fsp3) is 0.286. The van der Waals surface area contributed by atoms with Crippen molar-refractivity contribution < 1.29 is 14.1 Å². The molecule has 0 bridgehead atoms. The summed E-state index contributed by atoms with van der Waals surface area (Å²) < 4.78 is 10.4. The van der Waals surface area contributed by atoms with Crippen LogP contribution in [0, 0.1) is 6.92 Å². The number of aryl methyl sites for hydroxylation is 2. The van der Waals surface area contributed by atoms with Gasteiger partial charge in [0.1, 0.15) is 5.75 Å². The molecule has 6 nitrogen and oxygen atoms in total. The Balaban J connectivity index is 1.55. The zero-order chi connectivity index (χ0) is 19.2. The number of nitrogens with zero attached hydrogens (tertiary/aromatic N) is 3. The highest BCUT2D eigenvalue weighted by Crippen LogP contribution is 2.18. The van der Waals surface area contributed by atoms with Gasteiger partial charge in [0.15, 0.2) is 0 Å². The zero-order valence-electron chi connectivity index (χ0n) is 15.8. The summed E-state index contributed by atoms with van der Waals surface area (Å²) in [5, 5.41) is 4.01. The highest BCUT2D eigenvalue weighted by molar-refractivity contribution is 5.76. The summed E-state index contributed by atoms with van der Waals surface area (Å²) in [5.74, 6) is 1.80. The fourth-order valence-electron chi connectivity index (χ4n) is 2.75. The van der Waals surface area contributed by atoms with Crippen molar-refractivity contribution in [2.45, 2.75) is 26.3 Å². The van der Waals surface area contributed by atoms with E-state index in [0.717, 1.165) is 22.4 Å². The molecule has 0 unspecified atom stereocenters. The van der Waals surface area contributed by atoms with Gasteiger partial charge < -0.3 is 14.2 Å². The number of rotatable bonds is 7. The zero-order valence-corrected chi connectivity index (χ0v) is 15.8. The SMILES string of the molecule is COc1ccc(CCC(=O)N(C)Cc2nc(-c3cccc(C)c3)no2)cc1. The fourth-order valence-corrected chi connectivity index (χ4v) is 2.75. The van der Waals surface area contributed by atoms with Crippen molar-refractivity contribution >= 4 is 5.91 Å². The number of carbonyl (C=O) groups is 1. The van der Waals surface area contributed by atoms with Gasteiger partial charge in [-0.1, -0.05) is 41.1 Å². The van der Waals surface area contributed by atoms with Gasteiger partial charge in [-0.05, 0) is 37.1 Å². The van der Waals surface area contributed by atoms with E-state index in [2.05, 4.69) is 10.1 Å². The second-order valence-corrected chi connectivity index (χ2v) is 6.48. The van der Waals surface area contributed by atoms with Gasteiger partial charge in [-0.3, -0.25) is 4.79 Å². The Labute approximate surface area is 158 Å². The summed E-state index contributed by atoms with van der Waals surface area (Å²) in [7, 11) is 3.38. The molecule has 0 radical (unpaired) electrons. The van der Waals surface area contributed by atoms with Gasteiger partial charge in [-0.15, -0.1) is 0 Å². The van der Waals surface area contributed by atoms with Gasteiger partial charge in [0.2, 0.25) is 17.6 Å². The van der Waals surface area contributed by atoms with Crippen molar-refractivity contribution in [1.29, 1.82) is 0 Å². The quantitative estimate of drug-likeness (QED) is 0.639. The highest BCUT2D eigenvalue weighted by Gasteiger charge is 2.15. The topological polar surface area (TPSA) is 68.5 Å². The lowest BCUT2D eigenvalue weighted by Gasteiger charge is -2.14. The average molecular weight is 365 g/mol. The predicted octanol–water partition coefficient (Wildman–Crippen LogP) is 3.64. The van der Waals surface area contributed by atoms with Gasteiger partial charge in [0.25, 0.3) is 0 Å². The Bertz CT molecular complexity index is 903. The molecule has 3 aromatic rings. The first-order chi connectivity index (χ1) is 13.0. The summed E-state index contributed by atoms with van der Waals surface area (Å²) in [5.41, 5.74) is 3.13. The molecule has 0 aliphatic rings. The molecule has 0 fully saturated rings. The van der Waals surface area contributed by atoms with E-state index < -0.39 is 0 Å². The van der Waals surface area contributed by atoms with Crippen LogP contribution in [0.2, 0.25) is 0 Å². The van der Waals surface area contributed by atoms with Gasteiger partial charge in [-0.2, -0.15) is 4.98 Å². The molecule has 3 rings (SSSR count). The van der Waals surface area contributed by atoms with E-state index in [0.29, 0.717) is 31.1 Å². The molecule has 140 valence electrons. The molecular weight excluding hydrogens is 342 g/mol. The van der Waals surface area contributed by atoms with Gasteiger partial charge in [0, 0.05) is 19.0 Å². The van der Waals surface area contributed by atoms with Crippen LogP contribution in [0.15, 0.2) is 53.1 Å². The molecule has 0 saturated carbocycles. The molecule has 0 atom stereocenters. The van der Waals surface area contributed by atoms with Crippen LogP contribution in [0.1, 0.15) is 23.4 Å². The van der Waals surface area contributed by atoms with Crippen LogP contribution < -0.4 is 4.74 Å². The first-order valence-corrected chi connectivity index (χ1v) is 8.81. The van der Waals surface area contributed by atoms with E-state index in [-0.39, 0.29) is 5.91 Å². The molecule has 1 amide bonds. The Morgan fingerprint density at radius 1 is 1.19 bits per heavy atom. The van der Waals surface area contributed by atoms with Crippen LogP contribution in [0.4, 0.5) is 0 Å². The normalized spacial score (nSPS) is 10.6. The van der Waals surface area contributed by atoms with E-state index in [4.69, 9.17) is 9.26 Å². The minimum Gasteiger partial charge on any atom is -0.497 e. The van der Waals surface area contributed by atoms with E-state index in [1.54, 1.807) is 19.1 Å². The third kappa shape index (κ3) is 4.94. The lowest BCUT2D eigenvalue weighted by atomic mass is 10.1. The van der Waals surface area contributed by atoms with Crippen LogP contribution in [0.25, 0.3) is 11.4 Å². The summed E-state index contributed by atoms with van der Waals surface area (Å²) in [6, 6.07) is 15.6. The molecular formula is C21H23N3O3. The van der Waals surface area contributed by atoms with Crippen LogP contribution in [-0.2, 0) is 17.8 Å². The maximum atomic E-state index is 12.4. The number of ether oxygens (including phenoxy) is 1. The molecule has 0 aliphatic carbocycles. The lowest BCUT2D eigenvalue weighted by molar-refractivity contribution is -0.130. The van der Waals surface area contributed by atoms with Crippen LogP contribution in [0.3, 0.4) is 0 Å². The minimum atomic E-state index is 0.0288. The summed E-state index contributed by atoms with van der Waals surface area (Å²) in [6.07, 6.45) is 1.09. The summed E-state index contributed by atoms with van der Waals surface area (Å²) >= 11 is 0. The molecule has 0 saturated heterocycles. The third-order valence-electron chi connectivity index (χ3n) is 4.33. The van der Waals surface area contributed by atoms with Crippen molar-refractivity contribution in [3.8, 4) is 17.1 Å². The van der Waals surface area contributed by atoms with Crippen molar-refractivity contribution in [3.63, 3.8) is 0 Å². The number of carbonyl (C=O) groups excluding carboxylic acids is 1. The van der Waals surface area contributed by atoms with Gasteiger partial charge in [-0.25, -0.2) is 0 Å². The number of methoxy groups -OCH3 is 1. The molecule has 27 heavy (non-hydrogen) atoms. The van der Waals surface area contributed by atoms with Crippen LogP contribution >= 0.6 is 0 Å². The van der Waals surface area contributed by atoms with Crippen molar-refractivity contribution in [1.82, 2.24) is 15.0 Å². The van der Waals surface area contributed by atoms with Crippen molar-refractivity contribution in [3.05, 3.63) is 65.5 Å². The van der Waals surface area contributed by atoms with E-state index in [1.165, 1.54) is 0 Å². The standard InChI is InChI=1S/C21H23N3O3/c1-15-5-4-6-17(13-15)21-22-19(27-23-21)14-24(2)20(25)12-9-16-7-10-18(26-3)11-8-16/h4-8,10-11,13H,9,12,14H2,1-3H3. The molecule has 1 heterocycles. The number of benzene rings is 2. The van der Waals surface area contributed by atoms with E-state index in [1.807, 2.05) is 55.5 Å². The molecule has 6 heteroatoms. The number of hydrogen-bond donors (Lipinski definition) is 0. The smallest absolute Gasteiger partial charge is 0.246 e. The van der Waals surface area contributed by atoms with Crippen molar-refractivity contribution in [2.75, 3.05) is 14.2 Å². The number of hydrogen-bond acceptors (Lipinski definition) is 5. The summed E-state index contributed by atoms with van der Waals surface area (Å²) in [4.78, 5) is 18.4. The Morgan fingerprint density at radius 2 is 1.96 bits per heavy atom. The second kappa shape index (κ2) is 8.49. The van der Waals surface area contributed by atoms with Crippen LogP contribution in [0.5, 0.6) is 5.75 Å². The number of amides is 1. The predicted molar refractivity (Wildman–Crippen MR) is 102 cm³/mol. The maximum Gasteiger partial charge on any atom is 0.246 e. The Hall–Kier alpha value is -3.15. The first kappa shape index (κ1) is 18.6. The highest BCUT2D eigenvalue weighted by atomic mass is 16.5. The number of aromatic nitrogens is 2. The Kier molecular flexibility index (Phi) is 5.86. The third-order valence-corrected chi connectivity index (χ3v) is 4.33. The average Bonchev–Trinajstić information content (AvgIpc) is 3.15. The molecule has 2 aromatic carbocycles. The Morgan fingerprint density at radius 3 is 2.67 bits per heavy atom. The second-order valence-electron chi connectivity index (χ2n) is 6.48. The molecule has 0 aliphatic heterocycles. The molecule has 0 spiro atoms. The van der Waals surface area contributed by atoms with Crippen molar-refractivity contribution in [2.24, 2.45) is 0 Å². The van der Waals surface area contributed by atoms with Gasteiger partial charge in [0.05, 0.1) is 13.7 Å². The molecule has 1 aromatic heterocycles. The maximum absolute atomic E-state index is 12.4. The first-order valence-electron chi connectivity index (χ1n) is 8.81. The van der Waals surface area contributed by atoms with E-state index >= 15 is 0 Å². The minimum absolute atomic E-state index is 0.0288. The summed E-state index contributed by atoms with van der Waals surface area (Å²) in [6.45, 7) is 2.31. The molecule has 0 N–H and O–H groups in total. The van der Waals surface area contributed by atoms with Crippen LogP contribution in [-0.4, -0.2) is 35.1 Å². The monoisotopic (exact) mass is 365 g/mol. The largest absolute Gasteiger partial charge is 0.497 e.